The van der Waals surface area contributed by atoms with Gasteiger partial charge >= 0.3 is 6.18 Å². The zero-order chi connectivity index (χ0) is 15.7. The third-order valence-corrected chi connectivity index (χ3v) is 4.42. The van der Waals surface area contributed by atoms with Gasteiger partial charge in [-0.25, -0.2) is 8.42 Å². The van der Waals surface area contributed by atoms with Crippen LogP contribution in [0.1, 0.15) is 16.1 Å². The first-order chi connectivity index (χ1) is 9.72. The van der Waals surface area contributed by atoms with E-state index in [1.165, 1.54) is 24.4 Å². The molecule has 0 spiro atoms. The fraction of sp³-hybridized carbons (Fsp3) is 0.154. The molecular weight excluding hydrogens is 307 g/mol. The second kappa shape index (κ2) is 5.36. The minimum Gasteiger partial charge on any atom is -0.359 e. The van der Waals surface area contributed by atoms with Crippen LogP contribution in [0, 0.1) is 0 Å². The smallest absolute Gasteiger partial charge is 0.359 e. The number of rotatable bonds is 4. The maximum absolute atomic E-state index is 12.8. The van der Waals surface area contributed by atoms with Crippen molar-refractivity contribution in [2.45, 2.75) is 11.1 Å². The first kappa shape index (κ1) is 15.3. The number of alkyl halides is 3. The zero-order valence-corrected chi connectivity index (χ0v) is 11.3. The molecule has 2 aromatic rings. The van der Waals surface area contributed by atoms with Gasteiger partial charge in [0.2, 0.25) is 0 Å². The number of carbonyl (C=O) groups excluding carboxylic acids is 1. The van der Waals surface area contributed by atoms with Crippen LogP contribution in [0.15, 0.2) is 47.5 Å². The highest BCUT2D eigenvalue weighted by atomic mass is 32.2. The van der Waals surface area contributed by atoms with E-state index >= 15 is 0 Å². The van der Waals surface area contributed by atoms with Crippen molar-refractivity contribution in [2.75, 3.05) is 5.75 Å². The van der Waals surface area contributed by atoms with Crippen molar-refractivity contribution in [3.8, 4) is 0 Å². The second-order valence-electron chi connectivity index (χ2n) is 4.26. The van der Waals surface area contributed by atoms with E-state index < -0.39 is 38.0 Å². The van der Waals surface area contributed by atoms with Crippen LogP contribution in [0.2, 0.25) is 0 Å². The maximum atomic E-state index is 12.8. The normalized spacial score (nSPS) is 12.3. The molecule has 0 fully saturated rings. The number of ketones is 1. The van der Waals surface area contributed by atoms with Crippen molar-refractivity contribution >= 4 is 15.6 Å². The molecule has 1 aromatic carbocycles. The minimum absolute atomic E-state index is 0.0306. The molecule has 1 N–H and O–H groups in total. The Kier molecular flexibility index (Phi) is 3.91. The lowest BCUT2D eigenvalue weighted by atomic mass is 10.2. The van der Waals surface area contributed by atoms with E-state index in [0.717, 1.165) is 12.1 Å². The molecule has 1 aromatic heterocycles. The van der Waals surface area contributed by atoms with Crippen molar-refractivity contribution in [1.29, 1.82) is 0 Å². The Morgan fingerprint density at radius 2 is 1.76 bits per heavy atom. The van der Waals surface area contributed by atoms with Crippen molar-refractivity contribution in [1.82, 2.24) is 4.98 Å². The molecule has 0 radical (unpaired) electrons. The summed E-state index contributed by atoms with van der Waals surface area (Å²) in [5, 5.41) is 0. The summed E-state index contributed by atoms with van der Waals surface area (Å²) in [6.45, 7) is 0. The van der Waals surface area contributed by atoms with Crippen LogP contribution in [0.25, 0.3) is 0 Å². The largest absolute Gasteiger partial charge is 0.417 e. The number of halogens is 3. The summed E-state index contributed by atoms with van der Waals surface area (Å²) < 4.78 is 62.6. The molecule has 8 heteroatoms. The standard InChI is InChI=1S/C13H10F3NO3S/c14-13(15,16)9-4-1-2-6-12(9)21(19,20)8-11(18)10-5-3-7-17-10/h1-7,17H,8H2. The van der Waals surface area contributed by atoms with Gasteiger partial charge in [0, 0.05) is 6.20 Å². The molecule has 0 saturated heterocycles. The summed E-state index contributed by atoms with van der Waals surface area (Å²) in [6, 6.07) is 6.64. The number of aromatic amines is 1. The summed E-state index contributed by atoms with van der Waals surface area (Å²) >= 11 is 0. The van der Waals surface area contributed by atoms with Crippen LogP contribution in [0.3, 0.4) is 0 Å². The number of Topliss-reactive ketones (excluding diaryl/α,β-unsaturated/α-hetero) is 1. The van der Waals surface area contributed by atoms with Crippen molar-refractivity contribution in [2.24, 2.45) is 0 Å². The average molecular weight is 317 g/mol. The SMILES string of the molecule is O=C(CS(=O)(=O)c1ccccc1C(F)(F)F)c1ccc[nH]1. The van der Waals surface area contributed by atoms with Crippen LogP contribution in [-0.4, -0.2) is 24.9 Å². The van der Waals surface area contributed by atoms with Crippen LogP contribution in [-0.2, 0) is 16.0 Å². The third-order valence-electron chi connectivity index (χ3n) is 2.75. The summed E-state index contributed by atoms with van der Waals surface area (Å²) in [7, 11) is -4.39. The Labute approximate surface area is 118 Å². The fourth-order valence-corrected chi connectivity index (χ4v) is 3.26. The number of nitrogens with one attached hydrogen (secondary N) is 1. The second-order valence-corrected chi connectivity index (χ2v) is 6.22. The molecule has 21 heavy (non-hydrogen) atoms. The summed E-state index contributed by atoms with van der Waals surface area (Å²) in [4.78, 5) is 13.4. The summed E-state index contributed by atoms with van der Waals surface area (Å²) in [5.41, 5.74) is -1.24. The van der Waals surface area contributed by atoms with Gasteiger partial charge in [-0.2, -0.15) is 13.2 Å². The molecule has 0 saturated carbocycles. The zero-order valence-electron chi connectivity index (χ0n) is 10.5. The molecule has 0 atom stereocenters. The Balaban J connectivity index is 2.39. The highest BCUT2D eigenvalue weighted by Gasteiger charge is 2.37. The van der Waals surface area contributed by atoms with Gasteiger partial charge < -0.3 is 4.98 Å². The van der Waals surface area contributed by atoms with Gasteiger partial charge in [0.15, 0.2) is 15.6 Å². The van der Waals surface area contributed by atoms with E-state index in [0.29, 0.717) is 6.07 Å². The van der Waals surface area contributed by atoms with Crippen molar-refractivity contribution < 1.29 is 26.4 Å². The molecule has 1 heterocycles. The van der Waals surface area contributed by atoms with Crippen LogP contribution in [0.4, 0.5) is 13.2 Å². The Morgan fingerprint density at radius 1 is 1.10 bits per heavy atom. The van der Waals surface area contributed by atoms with Crippen LogP contribution in [0.5, 0.6) is 0 Å². The third kappa shape index (κ3) is 3.33. The van der Waals surface area contributed by atoms with Gasteiger partial charge in [0.25, 0.3) is 0 Å². The minimum atomic E-state index is -4.81. The molecular formula is C13H10F3NO3S. The monoisotopic (exact) mass is 317 g/mol. The van der Waals surface area contributed by atoms with E-state index in [-0.39, 0.29) is 5.69 Å². The van der Waals surface area contributed by atoms with E-state index in [1.807, 2.05) is 0 Å². The van der Waals surface area contributed by atoms with Gasteiger partial charge in [-0.1, -0.05) is 12.1 Å². The molecule has 0 bridgehead atoms. The van der Waals surface area contributed by atoms with Crippen LogP contribution < -0.4 is 0 Å². The van der Waals surface area contributed by atoms with Crippen molar-refractivity contribution in [3.05, 3.63) is 53.9 Å². The molecule has 0 amide bonds. The van der Waals surface area contributed by atoms with E-state index in [1.54, 1.807) is 0 Å². The molecule has 0 unspecified atom stereocenters. The predicted molar refractivity (Wildman–Crippen MR) is 68.6 cm³/mol. The van der Waals surface area contributed by atoms with E-state index in [9.17, 15) is 26.4 Å². The number of carbonyl (C=O) groups is 1. The van der Waals surface area contributed by atoms with Crippen LogP contribution >= 0.6 is 0 Å². The topological polar surface area (TPSA) is 67.0 Å². The van der Waals surface area contributed by atoms with Gasteiger partial charge in [0.1, 0.15) is 5.75 Å². The highest BCUT2D eigenvalue weighted by molar-refractivity contribution is 7.92. The lowest BCUT2D eigenvalue weighted by Crippen LogP contribution is -2.20. The summed E-state index contributed by atoms with van der Waals surface area (Å²) in [5.74, 6) is -1.82. The molecule has 2 rings (SSSR count). The first-order valence-corrected chi connectivity index (χ1v) is 7.42. The number of sulfone groups is 1. The molecule has 112 valence electrons. The summed E-state index contributed by atoms with van der Waals surface area (Å²) in [6.07, 6.45) is -3.39. The van der Waals surface area contributed by atoms with Crippen molar-refractivity contribution in [3.63, 3.8) is 0 Å². The maximum Gasteiger partial charge on any atom is 0.417 e. The Bertz CT molecular complexity index is 749. The van der Waals surface area contributed by atoms with Gasteiger partial charge in [-0.05, 0) is 24.3 Å². The number of benzene rings is 1. The highest BCUT2D eigenvalue weighted by Crippen LogP contribution is 2.34. The molecule has 0 aliphatic carbocycles. The van der Waals surface area contributed by atoms with Gasteiger partial charge in [-0.3, -0.25) is 4.79 Å². The number of hydrogen-bond acceptors (Lipinski definition) is 3. The molecule has 0 aliphatic rings. The lowest BCUT2D eigenvalue weighted by Gasteiger charge is -2.12. The number of H-pyrrole nitrogens is 1. The molecule has 0 aliphatic heterocycles. The fourth-order valence-electron chi connectivity index (χ4n) is 1.80. The molecule has 4 nitrogen and oxygen atoms in total. The van der Waals surface area contributed by atoms with Gasteiger partial charge in [-0.15, -0.1) is 0 Å². The number of aromatic nitrogens is 1. The van der Waals surface area contributed by atoms with Gasteiger partial charge in [0.05, 0.1) is 16.2 Å². The average Bonchev–Trinajstić information content (AvgIpc) is 2.91. The lowest BCUT2D eigenvalue weighted by molar-refractivity contribution is -0.139. The van der Waals surface area contributed by atoms with E-state index in [4.69, 9.17) is 0 Å². The Hall–Kier alpha value is -2.09. The quantitative estimate of drug-likeness (QED) is 0.882. The van der Waals surface area contributed by atoms with E-state index in [2.05, 4.69) is 4.98 Å². The number of hydrogen-bond donors (Lipinski definition) is 1. The first-order valence-electron chi connectivity index (χ1n) is 5.77. The predicted octanol–water partition coefficient (Wildman–Crippen LogP) is 2.69. The Morgan fingerprint density at radius 3 is 2.33 bits per heavy atom.